The van der Waals surface area contributed by atoms with Gasteiger partial charge in [0, 0.05) is 21.0 Å². The standard InChI is InChI=1S/C17H14Cl2N2O3/c1-9-10-7-16(24-2)11(17(22)23)6-15(10)21(20-9)8-12-13(18)4-3-5-14(12)19/h3-7H,8H2,1-2H3,(H,22,23). The van der Waals surface area contributed by atoms with Gasteiger partial charge in [0.1, 0.15) is 11.3 Å². The number of benzene rings is 2. The molecule has 0 atom stereocenters. The Morgan fingerprint density at radius 2 is 1.96 bits per heavy atom. The third-order valence-electron chi connectivity index (χ3n) is 3.86. The molecule has 7 heteroatoms. The van der Waals surface area contributed by atoms with Gasteiger partial charge in [-0.05, 0) is 31.2 Å². The number of hydrogen-bond donors (Lipinski definition) is 1. The molecule has 0 bridgehead atoms. The van der Waals surface area contributed by atoms with E-state index in [1.807, 2.05) is 6.92 Å². The normalized spacial score (nSPS) is 11.0. The summed E-state index contributed by atoms with van der Waals surface area (Å²) in [4.78, 5) is 11.5. The van der Waals surface area contributed by atoms with Gasteiger partial charge in [0.25, 0.3) is 0 Å². The summed E-state index contributed by atoms with van der Waals surface area (Å²) in [6.45, 7) is 2.20. The zero-order valence-corrected chi connectivity index (χ0v) is 14.5. The van der Waals surface area contributed by atoms with Crippen molar-refractivity contribution in [1.29, 1.82) is 0 Å². The first-order chi connectivity index (χ1) is 11.4. The summed E-state index contributed by atoms with van der Waals surface area (Å²) in [5.41, 5.74) is 2.26. The number of aromatic nitrogens is 2. The highest BCUT2D eigenvalue weighted by Crippen LogP contribution is 2.30. The number of rotatable bonds is 4. The molecular formula is C17H14Cl2N2O3. The molecule has 0 spiro atoms. The molecule has 1 aromatic heterocycles. The van der Waals surface area contributed by atoms with Crippen molar-refractivity contribution in [2.45, 2.75) is 13.5 Å². The maximum absolute atomic E-state index is 11.5. The van der Waals surface area contributed by atoms with Crippen LogP contribution < -0.4 is 4.74 Å². The SMILES string of the molecule is COc1cc2c(C)nn(Cc3c(Cl)cccc3Cl)c2cc1C(=O)O. The van der Waals surface area contributed by atoms with Gasteiger partial charge in [-0.1, -0.05) is 29.3 Å². The molecule has 3 rings (SSSR count). The van der Waals surface area contributed by atoms with Crippen LogP contribution in [0, 0.1) is 6.92 Å². The van der Waals surface area contributed by atoms with Crippen molar-refractivity contribution in [3.8, 4) is 5.75 Å². The molecule has 0 unspecified atom stereocenters. The molecule has 24 heavy (non-hydrogen) atoms. The Hall–Kier alpha value is -2.24. The average molecular weight is 365 g/mol. The van der Waals surface area contributed by atoms with Crippen LogP contribution in [-0.4, -0.2) is 28.0 Å². The minimum absolute atomic E-state index is 0.0800. The highest BCUT2D eigenvalue weighted by atomic mass is 35.5. The van der Waals surface area contributed by atoms with Gasteiger partial charge in [-0.2, -0.15) is 5.10 Å². The van der Waals surface area contributed by atoms with Gasteiger partial charge in [0.05, 0.1) is 24.9 Å². The predicted molar refractivity (Wildman–Crippen MR) is 93.5 cm³/mol. The number of methoxy groups -OCH3 is 1. The number of carboxylic acid groups (broad SMARTS) is 1. The molecule has 0 aliphatic carbocycles. The molecule has 0 amide bonds. The van der Waals surface area contributed by atoms with Crippen LogP contribution in [0.25, 0.3) is 10.9 Å². The Morgan fingerprint density at radius 1 is 1.29 bits per heavy atom. The molecule has 5 nitrogen and oxygen atoms in total. The lowest BCUT2D eigenvalue weighted by molar-refractivity contribution is 0.0693. The number of nitrogens with zero attached hydrogens (tertiary/aromatic N) is 2. The first-order valence-corrected chi connectivity index (χ1v) is 7.89. The van der Waals surface area contributed by atoms with E-state index >= 15 is 0 Å². The number of aryl methyl sites for hydroxylation is 1. The zero-order chi connectivity index (χ0) is 17.4. The highest BCUT2D eigenvalue weighted by molar-refractivity contribution is 6.36. The summed E-state index contributed by atoms with van der Waals surface area (Å²) >= 11 is 12.5. The maximum Gasteiger partial charge on any atom is 0.339 e. The number of ether oxygens (including phenoxy) is 1. The summed E-state index contributed by atoms with van der Waals surface area (Å²) in [5, 5.41) is 15.8. The van der Waals surface area contributed by atoms with E-state index in [1.54, 1.807) is 35.0 Å². The highest BCUT2D eigenvalue weighted by Gasteiger charge is 2.18. The molecule has 1 heterocycles. The van der Waals surface area contributed by atoms with E-state index in [-0.39, 0.29) is 5.56 Å². The van der Waals surface area contributed by atoms with Crippen LogP contribution in [0.1, 0.15) is 21.6 Å². The van der Waals surface area contributed by atoms with Crippen LogP contribution in [0.5, 0.6) is 5.75 Å². The van der Waals surface area contributed by atoms with Crippen molar-refractivity contribution >= 4 is 40.1 Å². The van der Waals surface area contributed by atoms with Gasteiger partial charge < -0.3 is 9.84 Å². The summed E-state index contributed by atoms with van der Waals surface area (Å²) in [6.07, 6.45) is 0. The smallest absolute Gasteiger partial charge is 0.339 e. The van der Waals surface area contributed by atoms with Crippen molar-refractivity contribution in [1.82, 2.24) is 9.78 Å². The van der Waals surface area contributed by atoms with E-state index in [4.69, 9.17) is 27.9 Å². The fraction of sp³-hybridized carbons (Fsp3) is 0.176. The second-order valence-corrected chi connectivity index (χ2v) is 6.13. The minimum atomic E-state index is -1.06. The maximum atomic E-state index is 11.5. The molecule has 0 radical (unpaired) electrons. The van der Waals surface area contributed by atoms with E-state index in [2.05, 4.69) is 5.10 Å². The summed E-state index contributed by atoms with van der Waals surface area (Å²) in [6, 6.07) is 8.53. The number of carbonyl (C=O) groups is 1. The molecule has 0 saturated carbocycles. The average Bonchev–Trinajstić information content (AvgIpc) is 2.85. The Bertz CT molecular complexity index is 930. The number of carboxylic acids is 1. The Balaban J connectivity index is 2.19. The molecule has 2 aromatic carbocycles. The topological polar surface area (TPSA) is 64.4 Å². The largest absolute Gasteiger partial charge is 0.496 e. The summed E-state index contributed by atoms with van der Waals surface area (Å²) in [5.74, 6) is -0.761. The van der Waals surface area contributed by atoms with Crippen LogP contribution in [0.2, 0.25) is 10.0 Å². The van der Waals surface area contributed by atoms with E-state index < -0.39 is 5.97 Å². The first kappa shape index (κ1) is 16.6. The van der Waals surface area contributed by atoms with Crippen molar-refractivity contribution in [3.05, 3.63) is 57.2 Å². The summed E-state index contributed by atoms with van der Waals surface area (Å²) in [7, 11) is 1.44. The van der Waals surface area contributed by atoms with Crippen molar-refractivity contribution < 1.29 is 14.6 Å². The summed E-state index contributed by atoms with van der Waals surface area (Å²) < 4.78 is 6.87. The van der Waals surface area contributed by atoms with Crippen LogP contribution >= 0.6 is 23.2 Å². The predicted octanol–water partition coefficient (Wildman–Crippen LogP) is 4.41. The molecule has 0 aliphatic rings. The van der Waals surface area contributed by atoms with Crippen LogP contribution in [0.15, 0.2) is 30.3 Å². The third kappa shape index (κ3) is 2.81. The molecule has 0 saturated heterocycles. The Kier molecular flexibility index (Phi) is 4.39. The monoisotopic (exact) mass is 364 g/mol. The molecule has 3 aromatic rings. The quantitative estimate of drug-likeness (QED) is 0.744. The van der Waals surface area contributed by atoms with E-state index in [0.29, 0.717) is 27.9 Å². The van der Waals surface area contributed by atoms with Crippen LogP contribution in [0.3, 0.4) is 0 Å². The Labute approximate surface area is 148 Å². The van der Waals surface area contributed by atoms with Gasteiger partial charge >= 0.3 is 5.97 Å². The fourth-order valence-corrected chi connectivity index (χ4v) is 3.17. The second kappa shape index (κ2) is 6.34. The lowest BCUT2D eigenvalue weighted by atomic mass is 10.1. The van der Waals surface area contributed by atoms with E-state index in [1.165, 1.54) is 7.11 Å². The molecule has 124 valence electrons. The van der Waals surface area contributed by atoms with E-state index in [9.17, 15) is 9.90 Å². The Morgan fingerprint density at radius 3 is 2.54 bits per heavy atom. The molecule has 0 fully saturated rings. The van der Waals surface area contributed by atoms with Crippen molar-refractivity contribution in [3.63, 3.8) is 0 Å². The zero-order valence-electron chi connectivity index (χ0n) is 13.0. The molecule has 0 aliphatic heterocycles. The molecular weight excluding hydrogens is 351 g/mol. The number of fused-ring (bicyclic) bond motifs is 1. The van der Waals surface area contributed by atoms with Crippen LogP contribution in [-0.2, 0) is 6.54 Å². The van der Waals surface area contributed by atoms with Crippen LogP contribution in [0.4, 0.5) is 0 Å². The minimum Gasteiger partial charge on any atom is -0.496 e. The lowest BCUT2D eigenvalue weighted by Crippen LogP contribution is -2.05. The van der Waals surface area contributed by atoms with Crippen molar-refractivity contribution in [2.75, 3.05) is 7.11 Å². The van der Waals surface area contributed by atoms with Gasteiger partial charge in [-0.25, -0.2) is 4.79 Å². The number of hydrogen-bond acceptors (Lipinski definition) is 3. The fourth-order valence-electron chi connectivity index (χ4n) is 2.65. The number of halogens is 2. The second-order valence-electron chi connectivity index (χ2n) is 5.32. The number of aromatic carboxylic acids is 1. The third-order valence-corrected chi connectivity index (χ3v) is 4.56. The lowest BCUT2D eigenvalue weighted by Gasteiger charge is -2.09. The van der Waals surface area contributed by atoms with Gasteiger partial charge in [0.2, 0.25) is 0 Å². The van der Waals surface area contributed by atoms with Gasteiger partial charge in [-0.15, -0.1) is 0 Å². The first-order valence-electron chi connectivity index (χ1n) is 7.13. The van der Waals surface area contributed by atoms with E-state index in [0.717, 1.165) is 16.6 Å². The van der Waals surface area contributed by atoms with Gasteiger partial charge in [-0.3, -0.25) is 4.68 Å². The molecule has 1 N–H and O–H groups in total. The van der Waals surface area contributed by atoms with Crippen molar-refractivity contribution in [2.24, 2.45) is 0 Å². The van der Waals surface area contributed by atoms with Gasteiger partial charge in [0.15, 0.2) is 0 Å².